The number of ether oxygens (including phenoxy) is 1. The van der Waals surface area contributed by atoms with E-state index in [1.165, 1.54) is 12.1 Å². The third kappa shape index (κ3) is 6.29. The maximum Gasteiger partial charge on any atom is 0.573 e. The lowest BCUT2D eigenvalue weighted by Gasteiger charge is -2.09. The van der Waals surface area contributed by atoms with E-state index in [4.69, 9.17) is 0 Å². The zero-order valence-corrected chi connectivity index (χ0v) is 15.2. The smallest absolute Gasteiger partial charge is 0.406 e. The average molecular weight is 414 g/mol. The molecule has 0 bridgehead atoms. The van der Waals surface area contributed by atoms with E-state index in [2.05, 4.69) is 25.2 Å². The van der Waals surface area contributed by atoms with Crippen molar-refractivity contribution in [3.63, 3.8) is 0 Å². The van der Waals surface area contributed by atoms with Crippen LogP contribution in [0.25, 0.3) is 0 Å². The minimum Gasteiger partial charge on any atom is -0.406 e. The number of hydrogen-bond acceptors (Lipinski definition) is 6. The quantitative estimate of drug-likeness (QED) is 0.570. The predicted octanol–water partition coefficient (Wildman–Crippen LogP) is 4.09. The number of aromatic amines is 1. The van der Waals surface area contributed by atoms with Gasteiger partial charge < -0.3 is 10.1 Å². The van der Waals surface area contributed by atoms with Gasteiger partial charge in [0.2, 0.25) is 11.1 Å². The van der Waals surface area contributed by atoms with E-state index in [0.29, 0.717) is 23.1 Å². The van der Waals surface area contributed by atoms with Crippen LogP contribution in [0.2, 0.25) is 0 Å². The molecule has 3 aromatic rings. The molecule has 0 unspecified atom stereocenters. The summed E-state index contributed by atoms with van der Waals surface area (Å²) in [4.78, 5) is 17.4. The zero-order valence-electron chi connectivity index (χ0n) is 13.6. The number of amides is 1. The minimum absolute atomic E-state index is 0.0666. The first-order valence-corrected chi connectivity index (χ1v) is 9.46. The number of hydrogen-bond donors (Lipinski definition) is 2. The number of carbonyl (C=O) groups is 1. The van der Waals surface area contributed by atoms with E-state index in [9.17, 15) is 18.0 Å². The average Bonchev–Trinajstić information content (AvgIpc) is 3.26. The first-order valence-electron chi connectivity index (χ1n) is 7.59. The number of anilines is 1. The Morgan fingerprint density at radius 2 is 2.04 bits per heavy atom. The second-order valence-electron chi connectivity index (χ2n) is 5.23. The van der Waals surface area contributed by atoms with Crippen LogP contribution < -0.4 is 10.1 Å². The molecule has 0 atom stereocenters. The van der Waals surface area contributed by atoms with E-state index in [1.54, 1.807) is 11.3 Å². The summed E-state index contributed by atoms with van der Waals surface area (Å²) < 4.78 is 40.1. The molecule has 0 aliphatic carbocycles. The Bertz CT molecular complexity index is 880. The molecule has 27 heavy (non-hydrogen) atoms. The summed E-state index contributed by atoms with van der Waals surface area (Å²) >= 11 is 2.78. The third-order valence-electron chi connectivity index (χ3n) is 3.14. The molecular formula is C16H13F3N4O2S2. The van der Waals surface area contributed by atoms with E-state index in [0.717, 1.165) is 28.8 Å². The normalized spacial score (nSPS) is 11.4. The number of alkyl halides is 3. The van der Waals surface area contributed by atoms with Crippen LogP contribution in [-0.2, 0) is 11.2 Å². The van der Waals surface area contributed by atoms with Gasteiger partial charge in [0.15, 0.2) is 0 Å². The molecule has 3 rings (SSSR count). The fraction of sp³-hybridized carbons (Fsp3) is 0.188. The molecular weight excluding hydrogens is 401 g/mol. The van der Waals surface area contributed by atoms with E-state index in [1.807, 2.05) is 17.5 Å². The molecule has 0 saturated carbocycles. The highest BCUT2D eigenvalue weighted by atomic mass is 32.2. The van der Waals surface area contributed by atoms with E-state index in [-0.39, 0.29) is 17.4 Å². The maximum absolute atomic E-state index is 12.1. The minimum atomic E-state index is -4.75. The lowest BCUT2D eigenvalue weighted by atomic mass is 10.3. The molecule has 6 nitrogen and oxygen atoms in total. The van der Waals surface area contributed by atoms with Crippen molar-refractivity contribution in [1.82, 2.24) is 15.2 Å². The number of aromatic nitrogens is 3. The maximum atomic E-state index is 12.1. The molecule has 0 radical (unpaired) electrons. The van der Waals surface area contributed by atoms with Gasteiger partial charge in [-0.05, 0) is 35.7 Å². The summed E-state index contributed by atoms with van der Waals surface area (Å²) in [5.74, 6) is 0.0977. The van der Waals surface area contributed by atoms with E-state index < -0.39 is 6.36 Å². The Balaban J connectivity index is 1.46. The molecule has 0 aliphatic rings. The monoisotopic (exact) mass is 414 g/mol. The lowest BCUT2D eigenvalue weighted by molar-refractivity contribution is -0.274. The van der Waals surface area contributed by atoms with Crippen LogP contribution in [0, 0.1) is 0 Å². The number of nitrogens with one attached hydrogen (secondary N) is 2. The molecule has 0 saturated heterocycles. The number of thiophene rings is 1. The molecule has 0 aliphatic heterocycles. The third-order valence-corrected chi connectivity index (χ3v) is 4.86. The topological polar surface area (TPSA) is 79.9 Å². The highest BCUT2D eigenvalue weighted by Gasteiger charge is 2.30. The standard InChI is InChI=1S/C16H13F3N4O2S2/c17-16(18,19)25-11-5-3-10(4-6-11)20-14(24)9-27-15-21-13(22-23-15)8-12-2-1-7-26-12/h1-7H,8-9H2,(H,20,24)(H,21,22,23). The largest absolute Gasteiger partial charge is 0.573 e. The molecule has 1 amide bonds. The summed E-state index contributed by atoms with van der Waals surface area (Å²) in [6.07, 6.45) is -4.11. The molecule has 2 aromatic heterocycles. The van der Waals surface area contributed by atoms with Crippen molar-refractivity contribution in [2.75, 3.05) is 11.1 Å². The van der Waals surface area contributed by atoms with Crippen LogP contribution in [-0.4, -0.2) is 33.2 Å². The highest BCUT2D eigenvalue weighted by molar-refractivity contribution is 7.99. The van der Waals surface area contributed by atoms with Crippen LogP contribution >= 0.6 is 23.1 Å². The van der Waals surface area contributed by atoms with Crippen LogP contribution in [0.15, 0.2) is 46.9 Å². The van der Waals surface area contributed by atoms with Gasteiger partial charge in [-0.15, -0.1) is 29.6 Å². The van der Waals surface area contributed by atoms with Gasteiger partial charge >= 0.3 is 6.36 Å². The molecule has 0 spiro atoms. The molecule has 0 fully saturated rings. The van der Waals surface area contributed by atoms with Gasteiger partial charge in [0.05, 0.1) is 5.75 Å². The van der Waals surface area contributed by atoms with Crippen molar-refractivity contribution in [2.45, 2.75) is 17.9 Å². The lowest BCUT2D eigenvalue weighted by Crippen LogP contribution is -2.17. The molecule has 142 valence electrons. The number of benzene rings is 1. The molecule has 11 heteroatoms. The Hall–Kier alpha value is -2.53. The Labute approximate surface area is 160 Å². The first kappa shape index (κ1) is 19.2. The SMILES string of the molecule is O=C(CSc1n[nH]c(Cc2cccs2)n1)Nc1ccc(OC(F)(F)F)cc1. The zero-order chi connectivity index (χ0) is 19.3. The van der Waals surface area contributed by atoms with Crippen molar-refractivity contribution in [3.05, 3.63) is 52.5 Å². The van der Waals surface area contributed by atoms with Crippen molar-refractivity contribution in [1.29, 1.82) is 0 Å². The molecule has 2 heterocycles. The molecule has 2 N–H and O–H groups in total. The van der Waals surface area contributed by atoms with Crippen molar-refractivity contribution < 1.29 is 22.7 Å². The second kappa shape index (κ2) is 8.44. The molecule has 1 aromatic carbocycles. The van der Waals surface area contributed by atoms with Crippen molar-refractivity contribution in [2.24, 2.45) is 0 Å². The van der Waals surface area contributed by atoms with Crippen LogP contribution in [0.3, 0.4) is 0 Å². The van der Waals surface area contributed by atoms with Crippen LogP contribution in [0.5, 0.6) is 5.75 Å². The fourth-order valence-corrected chi connectivity index (χ4v) is 3.39. The van der Waals surface area contributed by atoms with E-state index >= 15 is 0 Å². The van der Waals surface area contributed by atoms with Crippen LogP contribution in [0.4, 0.5) is 18.9 Å². The van der Waals surface area contributed by atoms with Gasteiger partial charge in [0.1, 0.15) is 11.6 Å². The number of halogens is 3. The number of rotatable bonds is 7. The van der Waals surface area contributed by atoms with Gasteiger partial charge in [0, 0.05) is 17.0 Å². The number of thioether (sulfide) groups is 1. The summed E-state index contributed by atoms with van der Waals surface area (Å²) in [7, 11) is 0. The fourth-order valence-electron chi connectivity index (χ4n) is 2.07. The highest BCUT2D eigenvalue weighted by Crippen LogP contribution is 2.24. The van der Waals surface area contributed by atoms with Crippen LogP contribution in [0.1, 0.15) is 10.7 Å². The van der Waals surface area contributed by atoms with Crippen molar-refractivity contribution in [3.8, 4) is 5.75 Å². The van der Waals surface area contributed by atoms with Gasteiger partial charge in [-0.25, -0.2) is 4.98 Å². The summed E-state index contributed by atoms with van der Waals surface area (Å²) in [6, 6.07) is 8.87. The Kier molecular flexibility index (Phi) is 6.01. The number of H-pyrrole nitrogens is 1. The van der Waals surface area contributed by atoms with Gasteiger partial charge in [-0.3, -0.25) is 9.89 Å². The number of carbonyl (C=O) groups excluding carboxylic acids is 1. The number of nitrogens with zero attached hydrogens (tertiary/aromatic N) is 2. The summed E-state index contributed by atoms with van der Waals surface area (Å²) in [5, 5.41) is 11.9. The Morgan fingerprint density at radius 3 is 2.70 bits per heavy atom. The predicted molar refractivity (Wildman–Crippen MR) is 96.0 cm³/mol. The van der Waals surface area contributed by atoms with Gasteiger partial charge in [0.25, 0.3) is 0 Å². The summed E-state index contributed by atoms with van der Waals surface area (Å²) in [6.45, 7) is 0. The summed E-state index contributed by atoms with van der Waals surface area (Å²) in [5.41, 5.74) is 0.364. The first-order chi connectivity index (χ1) is 12.9. The second-order valence-corrected chi connectivity index (χ2v) is 7.20. The van der Waals surface area contributed by atoms with Gasteiger partial charge in [-0.2, -0.15) is 0 Å². The Morgan fingerprint density at radius 1 is 1.26 bits per heavy atom. The van der Waals surface area contributed by atoms with Crippen molar-refractivity contribution >= 4 is 34.7 Å². The van der Waals surface area contributed by atoms with Gasteiger partial charge in [-0.1, -0.05) is 17.8 Å².